The summed E-state index contributed by atoms with van der Waals surface area (Å²) in [5.74, 6) is 1.12. The molecule has 0 aliphatic carbocycles. The summed E-state index contributed by atoms with van der Waals surface area (Å²) in [6.07, 6.45) is 3.90. The lowest BCUT2D eigenvalue weighted by Crippen LogP contribution is -2.23. The largest absolute Gasteiger partial charge is 0.497 e. The summed E-state index contributed by atoms with van der Waals surface area (Å²) in [5, 5.41) is 2.94. The molecule has 30 heavy (non-hydrogen) atoms. The zero-order valence-electron chi connectivity index (χ0n) is 17.0. The first kappa shape index (κ1) is 19.5. The van der Waals surface area contributed by atoms with Gasteiger partial charge in [0.2, 0.25) is 0 Å². The smallest absolute Gasteiger partial charge is 0.255 e. The van der Waals surface area contributed by atoms with Gasteiger partial charge in [-0.2, -0.15) is 0 Å². The van der Waals surface area contributed by atoms with Gasteiger partial charge in [-0.15, -0.1) is 0 Å². The van der Waals surface area contributed by atoms with Crippen LogP contribution in [0.1, 0.15) is 27.2 Å². The lowest BCUT2D eigenvalue weighted by molar-refractivity contribution is 0.0946. The molecule has 4 rings (SSSR count). The van der Waals surface area contributed by atoms with Gasteiger partial charge in [-0.1, -0.05) is 30.3 Å². The second-order valence-corrected chi connectivity index (χ2v) is 6.97. The summed E-state index contributed by atoms with van der Waals surface area (Å²) in [4.78, 5) is 17.3. The quantitative estimate of drug-likeness (QED) is 0.505. The Hall–Kier alpha value is -3.80. The Kier molecular flexibility index (Phi) is 5.66. The number of para-hydroxylation sites is 1. The van der Waals surface area contributed by atoms with Crippen molar-refractivity contribution in [2.24, 2.45) is 0 Å². The van der Waals surface area contributed by atoms with Crippen LogP contribution >= 0.6 is 0 Å². The third kappa shape index (κ3) is 4.27. The van der Waals surface area contributed by atoms with Crippen LogP contribution in [0.4, 0.5) is 0 Å². The molecule has 0 atom stereocenters. The fraction of sp³-hybridized carbons (Fsp3) is 0.167. The van der Waals surface area contributed by atoms with E-state index in [-0.39, 0.29) is 12.5 Å². The molecule has 4 aromatic rings. The van der Waals surface area contributed by atoms with Crippen LogP contribution in [0.25, 0.3) is 5.65 Å². The minimum Gasteiger partial charge on any atom is -0.497 e. The van der Waals surface area contributed by atoms with Gasteiger partial charge >= 0.3 is 0 Å². The van der Waals surface area contributed by atoms with Gasteiger partial charge < -0.3 is 19.2 Å². The van der Waals surface area contributed by atoms with Crippen LogP contribution in [-0.4, -0.2) is 22.4 Å². The van der Waals surface area contributed by atoms with E-state index in [2.05, 4.69) is 10.3 Å². The summed E-state index contributed by atoms with van der Waals surface area (Å²) in [6, 6.07) is 18.8. The van der Waals surface area contributed by atoms with Crippen LogP contribution in [0.5, 0.6) is 11.5 Å². The second kappa shape index (κ2) is 8.69. The summed E-state index contributed by atoms with van der Waals surface area (Å²) < 4.78 is 13.1. The number of carbonyl (C=O) groups is 1. The predicted molar refractivity (Wildman–Crippen MR) is 115 cm³/mol. The number of amides is 1. The molecule has 0 unspecified atom stereocenters. The van der Waals surface area contributed by atoms with E-state index in [9.17, 15) is 4.79 Å². The molecule has 1 N–H and O–H groups in total. The van der Waals surface area contributed by atoms with Gasteiger partial charge in [0.1, 0.15) is 23.8 Å². The standard InChI is InChI=1S/C24H23N3O3/c1-17-6-5-13-27-15-19(26-23(17)27)16-30-22-8-4-3-7-21(22)24(28)25-14-18-9-11-20(29-2)12-10-18/h3-13,15H,14,16H2,1-2H3,(H,25,28). The molecule has 0 saturated carbocycles. The lowest BCUT2D eigenvalue weighted by Gasteiger charge is -2.11. The third-order valence-electron chi connectivity index (χ3n) is 4.85. The summed E-state index contributed by atoms with van der Waals surface area (Å²) in [5.41, 5.74) is 4.29. The highest BCUT2D eigenvalue weighted by Crippen LogP contribution is 2.20. The number of aryl methyl sites for hydroxylation is 1. The number of ether oxygens (including phenoxy) is 2. The molecule has 0 bridgehead atoms. The van der Waals surface area contributed by atoms with Gasteiger partial charge in [0.25, 0.3) is 5.91 Å². The molecule has 0 spiro atoms. The Morgan fingerprint density at radius 1 is 1.07 bits per heavy atom. The average Bonchev–Trinajstić information content (AvgIpc) is 3.21. The number of pyridine rings is 1. The molecule has 2 aromatic heterocycles. The van der Waals surface area contributed by atoms with Crippen molar-refractivity contribution >= 4 is 11.6 Å². The van der Waals surface area contributed by atoms with Crippen LogP contribution in [-0.2, 0) is 13.2 Å². The maximum atomic E-state index is 12.7. The molecule has 1 amide bonds. The second-order valence-electron chi connectivity index (χ2n) is 6.97. The SMILES string of the molecule is COc1ccc(CNC(=O)c2ccccc2OCc2cn3cccc(C)c3n2)cc1. The number of nitrogens with zero attached hydrogens (tertiary/aromatic N) is 2. The Labute approximate surface area is 175 Å². The Bertz CT molecular complexity index is 1170. The van der Waals surface area contributed by atoms with E-state index in [1.54, 1.807) is 19.2 Å². The molecule has 2 heterocycles. The average molecular weight is 401 g/mol. The van der Waals surface area contributed by atoms with Crippen LogP contribution in [0.15, 0.2) is 73.1 Å². The number of methoxy groups -OCH3 is 1. The van der Waals surface area contributed by atoms with Crippen LogP contribution in [0.3, 0.4) is 0 Å². The highest BCUT2D eigenvalue weighted by molar-refractivity contribution is 5.96. The van der Waals surface area contributed by atoms with Crippen molar-refractivity contribution in [1.82, 2.24) is 14.7 Å². The molecular formula is C24H23N3O3. The van der Waals surface area contributed by atoms with Crippen LogP contribution in [0.2, 0.25) is 0 Å². The van der Waals surface area contributed by atoms with Crippen LogP contribution < -0.4 is 14.8 Å². The molecule has 2 aromatic carbocycles. The van der Waals surface area contributed by atoms with Crippen molar-refractivity contribution in [3.8, 4) is 11.5 Å². The minimum absolute atomic E-state index is 0.188. The Morgan fingerprint density at radius 3 is 2.63 bits per heavy atom. The summed E-state index contributed by atoms with van der Waals surface area (Å²) in [6.45, 7) is 2.72. The first-order valence-electron chi connectivity index (χ1n) is 9.70. The monoisotopic (exact) mass is 401 g/mol. The van der Waals surface area contributed by atoms with Gasteiger partial charge in [-0.25, -0.2) is 4.98 Å². The molecule has 0 aliphatic rings. The van der Waals surface area contributed by atoms with E-state index >= 15 is 0 Å². The van der Waals surface area contributed by atoms with Gasteiger partial charge in [0.15, 0.2) is 0 Å². The molecule has 6 heteroatoms. The predicted octanol–water partition coefficient (Wildman–Crippen LogP) is 4.16. The number of aromatic nitrogens is 2. The van der Waals surface area contributed by atoms with Crippen molar-refractivity contribution in [2.45, 2.75) is 20.1 Å². The fourth-order valence-corrected chi connectivity index (χ4v) is 3.23. The number of benzene rings is 2. The normalized spacial score (nSPS) is 10.7. The zero-order chi connectivity index (χ0) is 20.9. The minimum atomic E-state index is -0.188. The Morgan fingerprint density at radius 2 is 1.87 bits per heavy atom. The number of fused-ring (bicyclic) bond motifs is 1. The molecule has 6 nitrogen and oxygen atoms in total. The van der Waals surface area contributed by atoms with Crippen LogP contribution in [0, 0.1) is 6.92 Å². The van der Waals surface area contributed by atoms with Gasteiger partial charge in [-0.05, 0) is 48.4 Å². The van der Waals surface area contributed by atoms with Crippen molar-refractivity contribution in [2.75, 3.05) is 7.11 Å². The molecular weight excluding hydrogens is 378 g/mol. The topological polar surface area (TPSA) is 64.9 Å². The maximum absolute atomic E-state index is 12.7. The third-order valence-corrected chi connectivity index (χ3v) is 4.85. The van der Waals surface area contributed by atoms with Crippen molar-refractivity contribution < 1.29 is 14.3 Å². The summed E-state index contributed by atoms with van der Waals surface area (Å²) in [7, 11) is 1.63. The maximum Gasteiger partial charge on any atom is 0.255 e. The van der Waals surface area contributed by atoms with E-state index in [1.165, 1.54) is 0 Å². The Balaban J connectivity index is 1.43. The number of hydrogen-bond donors (Lipinski definition) is 1. The molecule has 0 radical (unpaired) electrons. The highest BCUT2D eigenvalue weighted by atomic mass is 16.5. The van der Waals surface area contributed by atoms with E-state index in [1.807, 2.05) is 72.2 Å². The van der Waals surface area contributed by atoms with E-state index < -0.39 is 0 Å². The summed E-state index contributed by atoms with van der Waals surface area (Å²) >= 11 is 0. The first-order valence-corrected chi connectivity index (χ1v) is 9.70. The fourth-order valence-electron chi connectivity index (χ4n) is 3.23. The number of carbonyl (C=O) groups excluding carboxylic acids is 1. The lowest BCUT2D eigenvalue weighted by atomic mass is 10.1. The van der Waals surface area contributed by atoms with E-state index in [0.717, 1.165) is 28.2 Å². The number of nitrogens with one attached hydrogen (secondary N) is 1. The van der Waals surface area contributed by atoms with Gasteiger partial charge in [0.05, 0.1) is 18.4 Å². The van der Waals surface area contributed by atoms with Gasteiger partial charge in [0, 0.05) is 18.9 Å². The molecule has 0 aliphatic heterocycles. The van der Waals surface area contributed by atoms with Crippen molar-refractivity contribution in [1.29, 1.82) is 0 Å². The van der Waals surface area contributed by atoms with Crippen molar-refractivity contribution in [3.05, 3.63) is 95.4 Å². The van der Waals surface area contributed by atoms with Crippen molar-refractivity contribution in [3.63, 3.8) is 0 Å². The molecule has 0 fully saturated rings. The number of rotatable bonds is 7. The number of imidazole rings is 1. The highest BCUT2D eigenvalue weighted by Gasteiger charge is 2.13. The van der Waals surface area contributed by atoms with E-state index in [0.29, 0.717) is 17.9 Å². The van der Waals surface area contributed by atoms with Gasteiger partial charge in [-0.3, -0.25) is 4.79 Å². The first-order chi connectivity index (χ1) is 14.6. The molecule has 152 valence electrons. The number of hydrogen-bond acceptors (Lipinski definition) is 4. The van der Waals surface area contributed by atoms with E-state index in [4.69, 9.17) is 9.47 Å². The molecule has 0 saturated heterocycles. The zero-order valence-corrected chi connectivity index (χ0v) is 17.0.